The van der Waals surface area contributed by atoms with E-state index < -0.39 is 0 Å². The summed E-state index contributed by atoms with van der Waals surface area (Å²) in [6.07, 6.45) is 9.22. The fraction of sp³-hybridized carbons (Fsp3) is 0.500. The number of hydrogen-bond acceptors (Lipinski definition) is 6. The van der Waals surface area contributed by atoms with E-state index in [9.17, 15) is 0 Å². The molecule has 1 aliphatic rings. The topological polar surface area (TPSA) is 67.9 Å². The van der Waals surface area contributed by atoms with Crippen LogP contribution in [0.15, 0.2) is 24.7 Å². The number of nitrogens with zero attached hydrogens (tertiary/aromatic N) is 4. The number of thiazole rings is 1. The summed E-state index contributed by atoms with van der Waals surface area (Å²) in [4.78, 5) is 16.7. The second-order valence-corrected chi connectivity index (χ2v) is 6.18. The molecule has 0 aromatic carbocycles. The largest absolute Gasteiger partial charge is 0.329 e. The highest BCUT2D eigenvalue weighted by molar-refractivity contribution is 7.14. The number of likely N-dealkylation sites (tertiary alicyclic amines) is 1. The van der Waals surface area contributed by atoms with Crippen LogP contribution in [-0.2, 0) is 6.54 Å². The van der Waals surface area contributed by atoms with Gasteiger partial charge in [-0.2, -0.15) is 0 Å². The van der Waals surface area contributed by atoms with Crippen molar-refractivity contribution in [2.75, 3.05) is 13.1 Å². The van der Waals surface area contributed by atoms with E-state index in [0.29, 0.717) is 11.9 Å². The van der Waals surface area contributed by atoms with Gasteiger partial charge < -0.3 is 5.73 Å². The van der Waals surface area contributed by atoms with Crippen LogP contribution in [0.5, 0.6) is 0 Å². The molecule has 2 N–H and O–H groups in total. The van der Waals surface area contributed by atoms with Gasteiger partial charge >= 0.3 is 0 Å². The molecule has 1 aliphatic heterocycles. The first-order valence-corrected chi connectivity index (χ1v) is 7.84. The molecule has 0 bridgehead atoms. The number of hydrogen-bond donors (Lipinski definition) is 1. The highest BCUT2D eigenvalue weighted by atomic mass is 32.1. The molecule has 0 radical (unpaired) electrons. The van der Waals surface area contributed by atoms with Crippen molar-refractivity contribution in [1.82, 2.24) is 19.9 Å². The minimum absolute atomic E-state index is 0.516. The Bertz CT molecular complexity index is 542. The summed E-state index contributed by atoms with van der Waals surface area (Å²) in [5.74, 6) is 0.706. The molecule has 2 aromatic heterocycles. The minimum atomic E-state index is 0.516. The molecule has 0 aliphatic carbocycles. The van der Waals surface area contributed by atoms with Gasteiger partial charge in [-0.1, -0.05) is 6.42 Å². The fourth-order valence-corrected chi connectivity index (χ4v) is 3.51. The maximum absolute atomic E-state index is 5.87. The van der Waals surface area contributed by atoms with Gasteiger partial charge in [-0.15, -0.1) is 11.3 Å². The molecular formula is C14H19N5S. The number of aromatic nitrogens is 3. The zero-order valence-corrected chi connectivity index (χ0v) is 12.2. The van der Waals surface area contributed by atoms with Crippen LogP contribution < -0.4 is 5.73 Å². The van der Waals surface area contributed by atoms with Crippen LogP contribution in [0, 0.1) is 0 Å². The van der Waals surface area contributed by atoms with Gasteiger partial charge in [-0.05, 0) is 25.5 Å². The highest BCUT2D eigenvalue weighted by Gasteiger charge is 2.21. The molecule has 20 heavy (non-hydrogen) atoms. The van der Waals surface area contributed by atoms with Gasteiger partial charge in [0.15, 0.2) is 10.8 Å². The first kappa shape index (κ1) is 13.6. The molecule has 6 heteroatoms. The van der Waals surface area contributed by atoms with E-state index >= 15 is 0 Å². The van der Waals surface area contributed by atoms with E-state index in [2.05, 4.69) is 19.9 Å². The Balaban J connectivity index is 1.71. The van der Waals surface area contributed by atoms with Gasteiger partial charge in [0.1, 0.15) is 0 Å². The lowest BCUT2D eigenvalue weighted by atomic mass is 10.0. The molecule has 0 amide bonds. The van der Waals surface area contributed by atoms with E-state index in [1.807, 2.05) is 12.3 Å². The first-order valence-electron chi connectivity index (χ1n) is 7.03. The third kappa shape index (κ3) is 3.03. The summed E-state index contributed by atoms with van der Waals surface area (Å²) < 4.78 is 0. The number of nitrogens with two attached hydrogens (primary N) is 1. The number of piperidine rings is 1. The van der Waals surface area contributed by atoms with Crippen LogP contribution in [0.2, 0.25) is 0 Å². The zero-order chi connectivity index (χ0) is 13.8. The van der Waals surface area contributed by atoms with Crippen LogP contribution in [0.25, 0.3) is 10.8 Å². The van der Waals surface area contributed by atoms with Gasteiger partial charge in [0.05, 0.1) is 0 Å². The molecule has 1 unspecified atom stereocenters. The second kappa shape index (κ2) is 6.39. The minimum Gasteiger partial charge on any atom is -0.329 e. The molecule has 106 valence electrons. The van der Waals surface area contributed by atoms with Crippen LogP contribution in [0.3, 0.4) is 0 Å². The van der Waals surface area contributed by atoms with E-state index in [4.69, 9.17) is 5.73 Å². The SMILES string of the molecule is NCC1CCCCN1Cc1cnc(-c2ncccn2)s1. The predicted octanol–water partition coefficient (Wildman–Crippen LogP) is 1.91. The predicted molar refractivity (Wildman–Crippen MR) is 80.2 cm³/mol. The lowest BCUT2D eigenvalue weighted by Gasteiger charge is -2.34. The van der Waals surface area contributed by atoms with Crippen LogP contribution in [-0.4, -0.2) is 39.0 Å². The van der Waals surface area contributed by atoms with E-state index in [-0.39, 0.29) is 0 Å². The Kier molecular flexibility index (Phi) is 4.34. The van der Waals surface area contributed by atoms with E-state index in [0.717, 1.165) is 24.6 Å². The third-order valence-corrected chi connectivity index (χ3v) is 4.67. The second-order valence-electron chi connectivity index (χ2n) is 5.06. The molecule has 1 fully saturated rings. The van der Waals surface area contributed by atoms with Gasteiger partial charge in [0, 0.05) is 42.6 Å². The summed E-state index contributed by atoms with van der Waals surface area (Å²) >= 11 is 1.67. The average Bonchev–Trinajstić information content (AvgIpc) is 2.97. The van der Waals surface area contributed by atoms with Crippen molar-refractivity contribution < 1.29 is 0 Å². The summed E-state index contributed by atoms with van der Waals surface area (Å²) in [6.45, 7) is 2.82. The van der Waals surface area contributed by atoms with Crippen molar-refractivity contribution in [3.05, 3.63) is 29.5 Å². The standard InChI is InChI=1S/C14H19N5S/c15-8-11-4-1-2-7-19(11)10-12-9-18-14(20-12)13-16-5-3-6-17-13/h3,5-6,9,11H,1-2,4,7-8,10,15H2. The Morgan fingerprint density at radius 3 is 2.90 bits per heavy atom. The molecule has 1 saturated heterocycles. The van der Waals surface area contributed by atoms with Crippen molar-refractivity contribution in [2.45, 2.75) is 31.8 Å². The quantitative estimate of drug-likeness (QED) is 0.931. The lowest BCUT2D eigenvalue weighted by Crippen LogP contribution is -2.43. The van der Waals surface area contributed by atoms with Crippen LogP contribution in [0.1, 0.15) is 24.1 Å². The van der Waals surface area contributed by atoms with Gasteiger partial charge in [0.2, 0.25) is 0 Å². The Morgan fingerprint density at radius 1 is 1.25 bits per heavy atom. The van der Waals surface area contributed by atoms with Crippen molar-refractivity contribution in [3.8, 4) is 10.8 Å². The molecule has 0 saturated carbocycles. The highest BCUT2D eigenvalue weighted by Crippen LogP contribution is 2.25. The van der Waals surface area contributed by atoms with E-state index in [1.165, 1.54) is 24.1 Å². The Hall–Kier alpha value is -1.37. The summed E-state index contributed by atoms with van der Waals surface area (Å²) in [7, 11) is 0. The van der Waals surface area contributed by atoms with Crippen molar-refractivity contribution in [2.24, 2.45) is 5.73 Å². The monoisotopic (exact) mass is 289 g/mol. The maximum atomic E-state index is 5.87. The van der Waals surface area contributed by atoms with E-state index in [1.54, 1.807) is 23.7 Å². The molecule has 2 aromatic rings. The summed E-state index contributed by atoms with van der Waals surface area (Å²) in [5, 5.41) is 0.891. The third-order valence-electron chi connectivity index (χ3n) is 3.69. The van der Waals surface area contributed by atoms with Gasteiger partial charge in [0.25, 0.3) is 0 Å². The maximum Gasteiger partial charge on any atom is 0.188 e. The number of rotatable bonds is 4. The Labute approximate surface area is 122 Å². The zero-order valence-electron chi connectivity index (χ0n) is 11.4. The molecule has 5 nitrogen and oxygen atoms in total. The molecule has 0 spiro atoms. The van der Waals surface area contributed by atoms with Crippen LogP contribution in [0.4, 0.5) is 0 Å². The summed E-state index contributed by atoms with van der Waals surface area (Å²) in [6, 6.07) is 2.33. The molecule has 3 rings (SSSR count). The molecular weight excluding hydrogens is 270 g/mol. The van der Waals surface area contributed by atoms with Crippen molar-refractivity contribution >= 4 is 11.3 Å². The normalized spacial score (nSPS) is 20.1. The van der Waals surface area contributed by atoms with Crippen LogP contribution >= 0.6 is 11.3 Å². The van der Waals surface area contributed by atoms with Gasteiger partial charge in [-0.3, -0.25) is 4.90 Å². The first-order chi connectivity index (χ1) is 9.86. The van der Waals surface area contributed by atoms with Crippen molar-refractivity contribution in [1.29, 1.82) is 0 Å². The Morgan fingerprint density at radius 2 is 2.10 bits per heavy atom. The summed E-state index contributed by atoms with van der Waals surface area (Å²) in [5.41, 5.74) is 5.87. The molecule has 1 atom stereocenters. The molecule has 3 heterocycles. The lowest BCUT2D eigenvalue weighted by molar-refractivity contribution is 0.146. The van der Waals surface area contributed by atoms with Gasteiger partial charge in [-0.25, -0.2) is 15.0 Å². The fourth-order valence-electron chi connectivity index (χ4n) is 2.63. The van der Waals surface area contributed by atoms with Crippen molar-refractivity contribution in [3.63, 3.8) is 0 Å². The smallest absolute Gasteiger partial charge is 0.188 e. The average molecular weight is 289 g/mol.